The number of sulfonamides is 1. The number of aryl methyl sites for hydroxylation is 1. The highest BCUT2D eigenvalue weighted by Crippen LogP contribution is 2.32. The van der Waals surface area contributed by atoms with Crippen LogP contribution >= 0.6 is 0 Å². The van der Waals surface area contributed by atoms with E-state index in [9.17, 15) is 13.2 Å². The molecule has 0 aliphatic carbocycles. The lowest BCUT2D eigenvalue weighted by atomic mass is 10.0. The van der Waals surface area contributed by atoms with Crippen LogP contribution in [0.5, 0.6) is 5.75 Å². The van der Waals surface area contributed by atoms with Crippen LogP contribution in [0.15, 0.2) is 53.4 Å². The Labute approximate surface area is 158 Å². The van der Waals surface area contributed by atoms with E-state index in [1.54, 1.807) is 0 Å². The predicted octanol–water partition coefficient (Wildman–Crippen LogP) is 1.32. The van der Waals surface area contributed by atoms with Gasteiger partial charge in [0.2, 0.25) is 0 Å². The fraction of sp³-hybridized carbons (Fsp3) is 0.316. The lowest BCUT2D eigenvalue weighted by Crippen LogP contribution is -2.35. The molecule has 0 aromatic heterocycles. The molecule has 0 saturated heterocycles. The Kier molecular flexibility index (Phi) is 5.98. The van der Waals surface area contributed by atoms with E-state index in [2.05, 4.69) is 5.32 Å². The van der Waals surface area contributed by atoms with Crippen LogP contribution in [-0.4, -0.2) is 45.7 Å². The molecule has 0 spiro atoms. The van der Waals surface area contributed by atoms with Gasteiger partial charge in [0.25, 0.3) is 15.9 Å². The molecule has 144 valence electrons. The van der Waals surface area contributed by atoms with Gasteiger partial charge in [-0.1, -0.05) is 18.2 Å². The zero-order chi connectivity index (χ0) is 19.3. The van der Waals surface area contributed by atoms with Crippen LogP contribution < -0.4 is 14.4 Å². The maximum atomic E-state index is 13.0. The number of rotatable bonds is 7. The zero-order valence-corrected chi connectivity index (χ0v) is 15.6. The third-order valence-electron chi connectivity index (χ3n) is 4.28. The minimum Gasteiger partial charge on any atom is -0.484 e. The lowest BCUT2D eigenvalue weighted by molar-refractivity contribution is -0.123. The number of nitrogens with zero attached hydrogens (tertiary/aromatic N) is 1. The number of ether oxygens (including phenoxy) is 1. The molecule has 1 amide bonds. The van der Waals surface area contributed by atoms with Crippen molar-refractivity contribution < 1.29 is 23.1 Å². The van der Waals surface area contributed by atoms with E-state index in [-0.39, 0.29) is 30.6 Å². The molecule has 2 aromatic carbocycles. The van der Waals surface area contributed by atoms with Crippen molar-refractivity contribution in [1.82, 2.24) is 5.32 Å². The molecule has 3 rings (SSSR count). The number of hydrogen-bond acceptors (Lipinski definition) is 5. The summed E-state index contributed by atoms with van der Waals surface area (Å²) in [5.74, 6) is 0.0396. The summed E-state index contributed by atoms with van der Waals surface area (Å²) in [7, 11) is -3.66. The average Bonchev–Trinajstić information content (AvgIpc) is 2.70. The van der Waals surface area contributed by atoms with Gasteiger partial charge in [-0.25, -0.2) is 8.42 Å². The van der Waals surface area contributed by atoms with Crippen molar-refractivity contribution in [1.29, 1.82) is 0 Å². The van der Waals surface area contributed by atoms with Crippen molar-refractivity contribution >= 4 is 21.6 Å². The average molecular weight is 390 g/mol. The van der Waals surface area contributed by atoms with Gasteiger partial charge in [-0.2, -0.15) is 0 Å². The van der Waals surface area contributed by atoms with Crippen molar-refractivity contribution in [3.05, 3.63) is 54.1 Å². The minimum absolute atomic E-state index is 0.141. The Morgan fingerprint density at radius 3 is 2.63 bits per heavy atom. The largest absolute Gasteiger partial charge is 0.484 e. The molecule has 0 bridgehead atoms. The summed E-state index contributed by atoms with van der Waals surface area (Å²) in [6.07, 6.45) is 1.65. The van der Waals surface area contributed by atoms with E-state index in [4.69, 9.17) is 9.84 Å². The number of aliphatic hydroxyl groups excluding tert-OH is 1. The first-order valence-electron chi connectivity index (χ1n) is 8.73. The van der Waals surface area contributed by atoms with Crippen molar-refractivity contribution in [2.75, 3.05) is 30.6 Å². The predicted molar refractivity (Wildman–Crippen MR) is 101 cm³/mol. The van der Waals surface area contributed by atoms with Crippen LogP contribution in [0.2, 0.25) is 0 Å². The number of anilines is 1. The zero-order valence-electron chi connectivity index (χ0n) is 14.8. The fourth-order valence-corrected chi connectivity index (χ4v) is 4.52. The van der Waals surface area contributed by atoms with Crippen LogP contribution in [0, 0.1) is 0 Å². The van der Waals surface area contributed by atoms with Crippen molar-refractivity contribution in [2.24, 2.45) is 0 Å². The fourth-order valence-electron chi connectivity index (χ4n) is 2.98. The third kappa shape index (κ3) is 4.40. The van der Waals surface area contributed by atoms with Gasteiger partial charge in [-0.3, -0.25) is 9.10 Å². The van der Waals surface area contributed by atoms with Crippen LogP contribution in [0.4, 0.5) is 5.69 Å². The van der Waals surface area contributed by atoms with Crippen molar-refractivity contribution in [3.8, 4) is 5.75 Å². The highest BCUT2D eigenvalue weighted by Gasteiger charge is 2.28. The van der Waals surface area contributed by atoms with Gasteiger partial charge < -0.3 is 15.2 Å². The molecule has 7 nitrogen and oxygen atoms in total. The Morgan fingerprint density at radius 2 is 1.89 bits per heavy atom. The highest BCUT2D eigenvalue weighted by atomic mass is 32.2. The number of benzene rings is 2. The summed E-state index contributed by atoms with van der Waals surface area (Å²) < 4.78 is 32.9. The first kappa shape index (κ1) is 19.2. The molecule has 27 heavy (non-hydrogen) atoms. The number of carbonyl (C=O) groups is 1. The third-order valence-corrected chi connectivity index (χ3v) is 6.11. The van der Waals surface area contributed by atoms with E-state index in [1.807, 2.05) is 24.3 Å². The number of aliphatic hydroxyl groups is 1. The normalized spacial score (nSPS) is 13.7. The molecule has 0 unspecified atom stereocenters. The SMILES string of the molecule is O=C(COc1ccc(S(=O)(=O)N2CCCc3ccccc32)cc1)NCCO. The molecule has 0 saturated carbocycles. The van der Waals surface area contributed by atoms with Crippen molar-refractivity contribution in [2.45, 2.75) is 17.7 Å². The summed E-state index contributed by atoms with van der Waals surface area (Å²) >= 11 is 0. The van der Waals surface area contributed by atoms with Gasteiger partial charge in [0, 0.05) is 13.1 Å². The summed E-state index contributed by atoms with van der Waals surface area (Å²) in [5.41, 5.74) is 1.76. The van der Waals surface area contributed by atoms with Gasteiger partial charge in [0.1, 0.15) is 5.75 Å². The summed E-state index contributed by atoms with van der Waals surface area (Å²) in [6.45, 7) is 0.267. The second-order valence-electron chi connectivity index (χ2n) is 6.14. The molecule has 2 aromatic rings. The van der Waals surface area contributed by atoms with Crippen LogP contribution in [0.3, 0.4) is 0 Å². The molecular formula is C19H22N2O5S. The molecule has 0 atom stereocenters. The lowest BCUT2D eigenvalue weighted by Gasteiger charge is -2.30. The first-order valence-corrected chi connectivity index (χ1v) is 10.2. The van der Waals surface area contributed by atoms with Gasteiger partial charge >= 0.3 is 0 Å². The molecule has 8 heteroatoms. The van der Waals surface area contributed by atoms with Gasteiger partial charge in [-0.15, -0.1) is 0 Å². The Morgan fingerprint density at radius 1 is 1.15 bits per heavy atom. The number of amides is 1. The highest BCUT2D eigenvalue weighted by molar-refractivity contribution is 7.92. The van der Waals surface area contributed by atoms with Gasteiger partial charge in [0.15, 0.2) is 6.61 Å². The smallest absolute Gasteiger partial charge is 0.264 e. The number of carbonyl (C=O) groups excluding carboxylic acids is 1. The topological polar surface area (TPSA) is 95.9 Å². The molecule has 2 N–H and O–H groups in total. The standard InChI is InChI=1S/C19H22N2O5S/c22-13-11-20-19(23)14-26-16-7-9-17(10-8-16)27(24,25)21-12-3-5-15-4-1-2-6-18(15)21/h1-2,4,6-10,22H,3,5,11-14H2,(H,20,23). The summed E-state index contributed by atoms with van der Waals surface area (Å²) in [4.78, 5) is 11.7. The Balaban J connectivity index is 1.72. The number of nitrogens with one attached hydrogen (secondary N) is 1. The van der Waals surface area contributed by atoms with E-state index in [0.717, 1.165) is 24.1 Å². The van der Waals surface area contributed by atoms with Gasteiger partial charge in [-0.05, 0) is 48.7 Å². The molecule has 1 aliphatic heterocycles. The number of para-hydroxylation sites is 1. The minimum atomic E-state index is -3.66. The van der Waals surface area contributed by atoms with Crippen molar-refractivity contribution in [3.63, 3.8) is 0 Å². The monoisotopic (exact) mass is 390 g/mol. The van der Waals surface area contributed by atoms with Crippen LogP contribution in [-0.2, 0) is 21.2 Å². The Bertz CT molecular complexity index is 897. The molecule has 1 aliphatic rings. The summed E-state index contributed by atoms with van der Waals surface area (Å²) in [6, 6.07) is 13.6. The molecular weight excluding hydrogens is 368 g/mol. The van der Waals surface area contributed by atoms with E-state index < -0.39 is 10.0 Å². The first-order chi connectivity index (χ1) is 13.0. The molecule has 0 fully saturated rings. The molecule has 1 heterocycles. The summed E-state index contributed by atoms with van der Waals surface area (Å²) in [5, 5.41) is 11.1. The maximum Gasteiger partial charge on any atom is 0.264 e. The second-order valence-corrected chi connectivity index (χ2v) is 8.01. The van der Waals surface area contributed by atoms with Gasteiger partial charge in [0.05, 0.1) is 17.2 Å². The van der Waals surface area contributed by atoms with E-state index in [0.29, 0.717) is 12.3 Å². The number of fused-ring (bicyclic) bond motifs is 1. The van der Waals surface area contributed by atoms with E-state index >= 15 is 0 Å². The number of hydrogen-bond donors (Lipinski definition) is 2. The quantitative estimate of drug-likeness (QED) is 0.743. The van der Waals surface area contributed by atoms with Crippen LogP contribution in [0.25, 0.3) is 0 Å². The van der Waals surface area contributed by atoms with Crippen LogP contribution in [0.1, 0.15) is 12.0 Å². The maximum absolute atomic E-state index is 13.0. The second kappa shape index (κ2) is 8.41. The molecule has 0 radical (unpaired) electrons. The Hall–Kier alpha value is -2.58. The van der Waals surface area contributed by atoms with E-state index in [1.165, 1.54) is 28.6 Å².